The maximum Gasteiger partial charge on any atom is 0.0234 e. The lowest BCUT2D eigenvalue weighted by Gasteiger charge is -2.27. The molecule has 1 saturated heterocycles. The van der Waals surface area contributed by atoms with Crippen LogP contribution < -0.4 is 5.32 Å². The number of benzene rings is 1. The van der Waals surface area contributed by atoms with Gasteiger partial charge in [-0.2, -0.15) is 0 Å². The molecule has 1 aromatic rings. The van der Waals surface area contributed by atoms with Crippen LogP contribution in [0.5, 0.6) is 0 Å². The summed E-state index contributed by atoms with van der Waals surface area (Å²) in [7, 11) is 0. The van der Waals surface area contributed by atoms with Gasteiger partial charge in [-0.25, -0.2) is 0 Å². The van der Waals surface area contributed by atoms with Crippen LogP contribution in [0.15, 0.2) is 18.2 Å². The molecule has 0 spiro atoms. The van der Waals surface area contributed by atoms with Crippen molar-refractivity contribution in [3.8, 4) is 0 Å². The molecular weight excluding hydrogens is 255 g/mol. The molecule has 0 bridgehead atoms. The summed E-state index contributed by atoms with van der Waals surface area (Å²) in [5, 5.41) is 3.38. The van der Waals surface area contributed by atoms with E-state index in [4.69, 9.17) is 0 Å². The van der Waals surface area contributed by atoms with E-state index in [-0.39, 0.29) is 24.8 Å². The SMILES string of the molecule is Cc1ccc(CN2CCNCC2)cc1C.Cl.Cl. The maximum absolute atomic E-state index is 3.38. The van der Waals surface area contributed by atoms with Crippen molar-refractivity contribution >= 4 is 24.8 Å². The standard InChI is InChI=1S/C13H20N2.2ClH/c1-11-3-4-13(9-12(11)2)10-15-7-5-14-6-8-15;;/h3-4,9,14H,5-8,10H2,1-2H3;2*1H. The second-order valence-corrected chi connectivity index (χ2v) is 4.44. The van der Waals surface area contributed by atoms with E-state index < -0.39 is 0 Å². The van der Waals surface area contributed by atoms with E-state index in [0.29, 0.717) is 0 Å². The number of hydrogen-bond donors (Lipinski definition) is 1. The molecule has 1 N–H and O–H groups in total. The Morgan fingerprint density at radius 2 is 1.71 bits per heavy atom. The summed E-state index contributed by atoms with van der Waals surface area (Å²) in [6, 6.07) is 6.80. The van der Waals surface area contributed by atoms with Crippen molar-refractivity contribution in [2.75, 3.05) is 26.2 Å². The minimum atomic E-state index is 0. The molecule has 1 heterocycles. The Labute approximate surface area is 117 Å². The molecule has 0 radical (unpaired) electrons. The highest BCUT2D eigenvalue weighted by molar-refractivity contribution is 5.85. The summed E-state index contributed by atoms with van der Waals surface area (Å²) < 4.78 is 0. The number of aryl methyl sites for hydroxylation is 2. The Morgan fingerprint density at radius 1 is 1.06 bits per heavy atom. The van der Waals surface area contributed by atoms with Gasteiger partial charge in [0.05, 0.1) is 0 Å². The van der Waals surface area contributed by atoms with E-state index in [1.54, 1.807) is 0 Å². The molecule has 2 rings (SSSR count). The first-order valence-electron chi connectivity index (χ1n) is 5.75. The van der Waals surface area contributed by atoms with Crippen LogP contribution in [0.2, 0.25) is 0 Å². The van der Waals surface area contributed by atoms with E-state index >= 15 is 0 Å². The van der Waals surface area contributed by atoms with Crippen LogP contribution in [0.4, 0.5) is 0 Å². The quantitative estimate of drug-likeness (QED) is 0.893. The Hall–Kier alpha value is -0.280. The molecule has 0 unspecified atom stereocenters. The third-order valence-electron chi connectivity index (χ3n) is 3.19. The largest absolute Gasteiger partial charge is 0.314 e. The molecule has 1 aromatic carbocycles. The van der Waals surface area contributed by atoms with Gasteiger partial charge >= 0.3 is 0 Å². The highest BCUT2D eigenvalue weighted by Gasteiger charge is 2.09. The van der Waals surface area contributed by atoms with Gasteiger partial charge in [0.25, 0.3) is 0 Å². The van der Waals surface area contributed by atoms with Crippen molar-refractivity contribution < 1.29 is 0 Å². The fourth-order valence-corrected chi connectivity index (χ4v) is 2.03. The molecule has 1 aliphatic rings. The van der Waals surface area contributed by atoms with Gasteiger partial charge in [0.2, 0.25) is 0 Å². The van der Waals surface area contributed by atoms with Crippen molar-refractivity contribution in [1.29, 1.82) is 0 Å². The fraction of sp³-hybridized carbons (Fsp3) is 0.538. The minimum Gasteiger partial charge on any atom is -0.314 e. The first kappa shape index (κ1) is 16.7. The number of nitrogens with one attached hydrogen (secondary N) is 1. The van der Waals surface area contributed by atoms with Crippen molar-refractivity contribution in [1.82, 2.24) is 10.2 Å². The average Bonchev–Trinajstić information content (AvgIpc) is 2.25. The van der Waals surface area contributed by atoms with Crippen LogP contribution in [0.25, 0.3) is 0 Å². The van der Waals surface area contributed by atoms with Gasteiger partial charge < -0.3 is 5.32 Å². The topological polar surface area (TPSA) is 15.3 Å². The summed E-state index contributed by atoms with van der Waals surface area (Å²) in [5.74, 6) is 0. The Kier molecular flexibility index (Phi) is 7.80. The Morgan fingerprint density at radius 3 is 2.29 bits per heavy atom. The second-order valence-electron chi connectivity index (χ2n) is 4.44. The molecule has 17 heavy (non-hydrogen) atoms. The van der Waals surface area contributed by atoms with Gasteiger partial charge in [-0.05, 0) is 30.5 Å². The summed E-state index contributed by atoms with van der Waals surface area (Å²) in [6.45, 7) is 10.1. The van der Waals surface area contributed by atoms with Crippen LogP contribution in [-0.2, 0) is 6.54 Å². The van der Waals surface area contributed by atoms with E-state index in [0.717, 1.165) is 19.6 Å². The smallest absolute Gasteiger partial charge is 0.0234 e. The van der Waals surface area contributed by atoms with E-state index in [1.165, 1.54) is 29.8 Å². The zero-order valence-electron chi connectivity index (χ0n) is 10.5. The second kappa shape index (κ2) is 7.93. The highest BCUT2D eigenvalue weighted by Crippen LogP contribution is 2.12. The van der Waals surface area contributed by atoms with Crippen molar-refractivity contribution in [3.63, 3.8) is 0 Å². The number of piperazine rings is 1. The van der Waals surface area contributed by atoms with E-state index in [1.807, 2.05) is 0 Å². The molecule has 98 valence electrons. The zero-order chi connectivity index (χ0) is 10.7. The van der Waals surface area contributed by atoms with Crippen LogP contribution in [0.3, 0.4) is 0 Å². The van der Waals surface area contributed by atoms with Crippen molar-refractivity contribution in [2.24, 2.45) is 0 Å². The number of hydrogen-bond acceptors (Lipinski definition) is 2. The van der Waals surface area contributed by atoms with Gasteiger partial charge in [-0.15, -0.1) is 24.8 Å². The van der Waals surface area contributed by atoms with Crippen molar-refractivity contribution in [2.45, 2.75) is 20.4 Å². The molecule has 0 aromatic heterocycles. The van der Waals surface area contributed by atoms with Gasteiger partial charge in [0.1, 0.15) is 0 Å². The van der Waals surface area contributed by atoms with E-state index in [2.05, 4.69) is 42.3 Å². The molecule has 0 saturated carbocycles. The number of nitrogens with zero attached hydrogens (tertiary/aromatic N) is 1. The molecule has 0 aliphatic carbocycles. The molecular formula is C13H22Cl2N2. The third kappa shape index (κ3) is 4.84. The molecule has 0 atom stereocenters. The van der Waals surface area contributed by atoms with E-state index in [9.17, 15) is 0 Å². The molecule has 1 aliphatic heterocycles. The van der Waals surface area contributed by atoms with Crippen LogP contribution in [0.1, 0.15) is 16.7 Å². The Balaban J connectivity index is 0.00000128. The van der Waals surface area contributed by atoms with Gasteiger partial charge in [-0.1, -0.05) is 18.2 Å². The maximum atomic E-state index is 3.38. The van der Waals surface area contributed by atoms with Crippen LogP contribution in [0, 0.1) is 13.8 Å². The number of rotatable bonds is 2. The lowest BCUT2D eigenvalue weighted by atomic mass is 10.1. The number of halogens is 2. The fourth-order valence-electron chi connectivity index (χ4n) is 2.03. The minimum absolute atomic E-state index is 0. The van der Waals surface area contributed by atoms with Gasteiger partial charge in [0, 0.05) is 32.7 Å². The van der Waals surface area contributed by atoms with Gasteiger partial charge in [0.15, 0.2) is 0 Å². The molecule has 2 nitrogen and oxygen atoms in total. The van der Waals surface area contributed by atoms with Gasteiger partial charge in [-0.3, -0.25) is 4.90 Å². The predicted molar refractivity (Wildman–Crippen MR) is 78.6 cm³/mol. The van der Waals surface area contributed by atoms with Crippen molar-refractivity contribution in [3.05, 3.63) is 34.9 Å². The molecule has 4 heteroatoms. The summed E-state index contributed by atoms with van der Waals surface area (Å²) in [4.78, 5) is 2.51. The Bertz CT molecular complexity index is 336. The monoisotopic (exact) mass is 276 g/mol. The lowest BCUT2D eigenvalue weighted by molar-refractivity contribution is 0.233. The summed E-state index contributed by atoms with van der Waals surface area (Å²) in [6.07, 6.45) is 0. The first-order chi connectivity index (χ1) is 7.25. The first-order valence-corrected chi connectivity index (χ1v) is 5.75. The highest BCUT2D eigenvalue weighted by atomic mass is 35.5. The summed E-state index contributed by atoms with van der Waals surface area (Å²) >= 11 is 0. The molecule has 0 amide bonds. The lowest BCUT2D eigenvalue weighted by Crippen LogP contribution is -2.42. The van der Waals surface area contributed by atoms with Crippen LogP contribution in [-0.4, -0.2) is 31.1 Å². The normalized spacial score (nSPS) is 15.9. The summed E-state index contributed by atoms with van der Waals surface area (Å²) in [5.41, 5.74) is 4.24. The van der Waals surface area contributed by atoms with Crippen LogP contribution >= 0.6 is 24.8 Å². The predicted octanol–water partition coefficient (Wildman–Crippen LogP) is 2.55. The third-order valence-corrected chi connectivity index (χ3v) is 3.19. The molecule has 1 fully saturated rings. The average molecular weight is 277 g/mol. The zero-order valence-corrected chi connectivity index (χ0v) is 12.2.